The van der Waals surface area contributed by atoms with Crippen LogP contribution in [0.15, 0.2) is 18.3 Å². The Bertz CT molecular complexity index is 993. The summed E-state index contributed by atoms with van der Waals surface area (Å²) in [7, 11) is 1.73. The van der Waals surface area contributed by atoms with Crippen LogP contribution in [0.4, 0.5) is 19.0 Å². The smallest absolute Gasteiger partial charge is 0.379 e. The summed E-state index contributed by atoms with van der Waals surface area (Å²) in [5, 5.41) is 3.81. The zero-order valence-corrected chi connectivity index (χ0v) is 20.7. The topological polar surface area (TPSA) is 66.9 Å². The van der Waals surface area contributed by atoms with Gasteiger partial charge in [0.05, 0.1) is 35.8 Å². The number of piperazine rings is 1. The molecule has 1 amide bonds. The van der Waals surface area contributed by atoms with Crippen LogP contribution in [0.3, 0.4) is 0 Å². The summed E-state index contributed by atoms with van der Waals surface area (Å²) in [5.74, 6) is 1.02. The molecule has 198 valence electrons. The van der Waals surface area contributed by atoms with Crippen molar-refractivity contribution in [1.82, 2.24) is 15.2 Å². The van der Waals surface area contributed by atoms with Gasteiger partial charge in [-0.25, -0.2) is 4.98 Å². The fraction of sp³-hybridized carbons (Fsp3) is 0.769. The summed E-state index contributed by atoms with van der Waals surface area (Å²) in [6.07, 6.45) is 3.57. The van der Waals surface area contributed by atoms with Crippen LogP contribution in [0, 0.1) is 11.3 Å². The Kier molecular flexibility index (Phi) is 6.20. The lowest BCUT2D eigenvalue weighted by molar-refractivity contribution is -0.144. The highest BCUT2D eigenvalue weighted by Gasteiger charge is 2.59. The van der Waals surface area contributed by atoms with Crippen molar-refractivity contribution in [2.75, 3.05) is 38.3 Å². The first-order valence-electron chi connectivity index (χ1n) is 13.3. The van der Waals surface area contributed by atoms with E-state index in [9.17, 15) is 18.0 Å². The third-order valence-electron chi connectivity index (χ3n) is 9.49. The molecule has 2 bridgehead atoms. The van der Waals surface area contributed by atoms with Crippen molar-refractivity contribution in [2.24, 2.45) is 11.3 Å². The average molecular weight is 509 g/mol. The minimum absolute atomic E-state index is 0.0196. The molecule has 5 aliphatic rings. The summed E-state index contributed by atoms with van der Waals surface area (Å²) < 4.78 is 50.8. The van der Waals surface area contributed by atoms with Crippen molar-refractivity contribution in [2.45, 2.75) is 81.4 Å². The van der Waals surface area contributed by atoms with E-state index in [1.165, 1.54) is 6.20 Å². The fourth-order valence-corrected chi connectivity index (χ4v) is 7.79. The monoisotopic (exact) mass is 508 g/mol. The van der Waals surface area contributed by atoms with Crippen LogP contribution in [0.2, 0.25) is 0 Å². The molecule has 0 unspecified atom stereocenters. The molecule has 36 heavy (non-hydrogen) atoms. The van der Waals surface area contributed by atoms with Gasteiger partial charge >= 0.3 is 6.18 Å². The molecule has 1 N–H and O–H groups in total. The van der Waals surface area contributed by atoms with E-state index in [2.05, 4.69) is 15.2 Å². The molecule has 0 aromatic carbocycles. The lowest BCUT2D eigenvalue weighted by atomic mass is 9.78. The van der Waals surface area contributed by atoms with Crippen molar-refractivity contribution in [1.29, 1.82) is 0 Å². The third-order valence-corrected chi connectivity index (χ3v) is 9.49. The number of pyridine rings is 1. The summed E-state index contributed by atoms with van der Waals surface area (Å²) in [6, 6.07) is 2.74. The second kappa shape index (κ2) is 9.13. The van der Waals surface area contributed by atoms with E-state index >= 15 is 0 Å². The van der Waals surface area contributed by atoms with E-state index in [1.54, 1.807) is 7.11 Å². The minimum atomic E-state index is -4.39. The van der Waals surface area contributed by atoms with Gasteiger partial charge in [0.1, 0.15) is 5.82 Å². The molecule has 0 radical (unpaired) electrons. The number of rotatable bonds is 5. The second-order valence-corrected chi connectivity index (χ2v) is 11.3. The van der Waals surface area contributed by atoms with E-state index in [0.29, 0.717) is 37.5 Å². The molecule has 3 saturated heterocycles. The molecule has 0 spiro atoms. The minimum Gasteiger partial charge on any atom is -0.379 e. The van der Waals surface area contributed by atoms with Crippen LogP contribution in [0.5, 0.6) is 0 Å². The molecule has 1 aromatic heterocycles. The van der Waals surface area contributed by atoms with Crippen LogP contribution < -0.4 is 10.2 Å². The van der Waals surface area contributed by atoms with Crippen LogP contribution in [0.1, 0.15) is 50.5 Å². The van der Waals surface area contributed by atoms with Gasteiger partial charge in [-0.15, -0.1) is 0 Å². The molecule has 2 aliphatic carbocycles. The molecular weight excluding hydrogens is 473 g/mol. The summed E-state index contributed by atoms with van der Waals surface area (Å²) in [5.41, 5.74) is -0.990. The molecule has 10 heteroatoms. The van der Waals surface area contributed by atoms with Crippen molar-refractivity contribution < 1.29 is 27.4 Å². The predicted octanol–water partition coefficient (Wildman–Crippen LogP) is 3.23. The van der Waals surface area contributed by atoms with Crippen LogP contribution in [-0.2, 0) is 20.4 Å². The number of hydrogen-bond acceptors (Lipinski definition) is 6. The van der Waals surface area contributed by atoms with Gasteiger partial charge in [-0.1, -0.05) is 6.42 Å². The predicted molar refractivity (Wildman–Crippen MR) is 126 cm³/mol. The molecular formula is C26H35F3N4O3. The number of ether oxygens (including phenoxy) is 2. The first kappa shape index (κ1) is 24.4. The van der Waals surface area contributed by atoms with Crippen molar-refractivity contribution >= 4 is 11.7 Å². The molecule has 2 saturated carbocycles. The fourth-order valence-electron chi connectivity index (χ4n) is 7.79. The van der Waals surface area contributed by atoms with E-state index in [1.807, 2.05) is 4.90 Å². The van der Waals surface area contributed by atoms with Gasteiger partial charge in [-0.2, -0.15) is 13.2 Å². The van der Waals surface area contributed by atoms with Crippen LogP contribution in [0.25, 0.3) is 0 Å². The number of nitrogens with one attached hydrogen (secondary N) is 1. The molecule has 1 aromatic rings. The highest BCUT2D eigenvalue weighted by atomic mass is 19.4. The summed E-state index contributed by atoms with van der Waals surface area (Å²) >= 11 is 0. The van der Waals surface area contributed by atoms with Crippen molar-refractivity contribution in [3.05, 3.63) is 23.9 Å². The number of carbonyl (C=O) groups is 1. The molecule has 7 atom stereocenters. The highest BCUT2D eigenvalue weighted by Crippen LogP contribution is 2.56. The quantitative estimate of drug-likeness (QED) is 0.659. The van der Waals surface area contributed by atoms with Gasteiger partial charge in [0.15, 0.2) is 0 Å². The summed E-state index contributed by atoms with van der Waals surface area (Å²) in [6.45, 7) is 2.44. The Balaban J connectivity index is 1.13. The Morgan fingerprint density at radius 1 is 1.25 bits per heavy atom. The van der Waals surface area contributed by atoms with E-state index in [0.717, 1.165) is 63.7 Å². The maximum atomic E-state index is 14.1. The van der Waals surface area contributed by atoms with Crippen molar-refractivity contribution in [3.63, 3.8) is 0 Å². The second-order valence-electron chi connectivity index (χ2n) is 11.3. The van der Waals surface area contributed by atoms with E-state index in [4.69, 9.17) is 9.47 Å². The number of methoxy groups -OCH3 is 1. The lowest BCUT2D eigenvalue weighted by Gasteiger charge is -2.40. The standard InChI is InChI=1S/C26H35F3N4O3/c1-35-22-15-36-8-5-21(22)31-18-9-16-3-2-6-25(16,12-18)24(34)33-14-19-11-20(33)13-32(19)23-10-17(4-7-30-23)26(27,28)29/h4,7,10,16,18-22,31H,2-3,5-6,8-9,11-15H2,1H3/t16-,18-,19-,20-,21-,22-,25-/m1/s1. The molecule has 4 heterocycles. The van der Waals surface area contributed by atoms with Gasteiger partial charge < -0.3 is 24.6 Å². The number of alkyl halides is 3. The Labute approximate surface area is 209 Å². The first-order chi connectivity index (χ1) is 17.3. The van der Waals surface area contributed by atoms with Gasteiger partial charge in [-0.3, -0.25) is 4.79 Å². The van der Waals surface area contributed by atoms with Crippen molar-refractivity contribution in [3.8, 4) is 0 Å². The third kappa shape index (κ3) is 4.09. The van der Waals surface area contributed by atoms with E-state index in [-0.39, 0.29) is 35.6 Å². The number of fused-ring (bicyclic) bond motifs is 3. The lowest BCUT2D eigenvalue weighted by Crippen LogP contribution is -2.54. The summed E-state index contributed by atoms with van der Waals surface area (Å²) in [4.78, 5) is 22.3. The molecule has 6 rings (SSSR count). The SMILES string of the molecule is CO[C@@H]1COCC[C@H]1N[C@@H]1C[C@H]2CCC[C@@]2(C(=O)N2C[C@H]3C[C@@H]2CN3c2cc(C(F)(F)F)ccn2)C1. The number of nitrogens with zero attached hydrogens (tertiary/aromatic N) is 3. The molecule has 5 fully saturated rings. The largest absolute Gasteiger partial charge is 0.416 e. The number of anilines is 1. The number of likely N-dealkylation sites (tertiary alicyclic amines) is 1. The Morgan fingerprint density at radius 2 is 2.11 bits per heavy atom. The average Bonchev–Trinajstić information content (AvgIpc) is 3.63. The highest BCUT2D eigenvalue weighted by molar-refractivity contribution is 5.85. The van der Waals surface area contributed by atoms with Gasteiger partial charge in [-0.05, 0) is 56.6 Å². The van der Waals surface area contributed by atoms with Crippen LogP contribution >= 0.6 is 0 Å². The Morgan fingerprint density at radius 3 is 2.86 bits per heavy atom. The van der Waals surface area contributed by atoms with Gasteiger partial charge in [0.25, 0.3) is 0 Å². The van der Waals surface area contributed by atoms with Gasteiger partial charge in [0, 0.05) is 45.1 Å². The zero-order chi connectivity index (χ0) is 25.1. The Hall–Kier alpha value is -1.91. The molecule has 3 aliphatic heterocycles. The number of hydrogen-bond donors (Lipinski definition) is 1. The maximum Gasteiger partial charge on any atom is 0.416 e. The number of halogens is 3. The normalized spacial score (nSPS) is 38.1. The number of amides is 1. The maximum absolute atomic E-state index is 14.1. The number of aromatic nitrogens is 1. The van der Waals surface area contributed by atoms with Gasteiger partial charge in [0.2, 0.25) is 5.91 Å². The molecule has 7 nitrogen and oxygen atoms in total. The van der Waals surface area contributed by atoms with Crippen LogP contribution in [-0.4, -0.2) is 79.5 Å². The first-order valence-corrected chi connectivity index (χ1v) is 13.3. The zero-order valence-electron chi connectivity index (χ0n) is 20.7. The number of carbonyl (C=O) groups excluding carboxylic acids is 1. The van der Waals surface area contributed by atoms with E-state index < -0.39 is 11.7 Å².